The smallest absolute Gasteiger partial charge is 0.273 e. The molecule has 1 saturated heterocycles. The Morgan fingerprint density at radius 1 is 0.976 bits per heavy atom. The van der Waals surface area contributed by atoms with Crippen LogP contribution >= 0.6 is 0 Å². The summed E-state index contributed by atoms with van der Waals surface area (Å²) in [4.78, 5) is 19.4. The molecule has 2 aromatic heterocycles. The van der Waals surface area contributed by atoms with Gasteiger partial charge in [-0.15, -0.1) is 0 Å². The molecular weight excluding hydrogens is 559 g/mol. The van der Waals surface area contributed by atoms with E-state index in [1.807, 2.05) is 24.3 Å². The molecule has 3 aromatic carbocycles. The molecule has 0 aliphatic carbocycles. The maximum atomic E-state index is 13.7. The van der Waals surface area contributed by atoms with E-state index in [0.717, 1.165) is 49.4 Å². The van der Waals surface area contributed by atoms with Gasteiger partial charge in [0.05, 0.1) is 51.3 Å². The third-order valence-corrected chi connectivity index (χ3v) is 9.05. The van der Waals surface area contributed by atoms with Crippen molar-refractivity contribution in [3.05, 3.63) is 102 Å². The Balaban J connectivity index is 1.29. The van der Waals surface area contributed by atoms with Crippen LogP contribution in [0.5, 0.6) is 0 Å². The van der Waals surface area contributed by atoms with Crippen molar-refractivity contribution in [3.63, 3.8) is 0 Å². The highest BCUT2D eigenvalue weighted by Crippen LogP contribution is 2.32. The van der Waals surface area contributed by atoms with Gasteiger partial charge in [0.25, 0.3) is 5.91 Å². The number of aromatic nitrogens is 2. The zero-order valence-corrected chi connectivity index (χ0v) is 23.6. The van der Waals surface area contributed by atoms with Crippen LogP contribution in [-0.2, 0) is 16.4 Å². The number of hydrogen-bond acceptors (Lipinski definition) is 8. The molecule has 12 heteroatoms. The van der Waals surface area contributed by atoms with Crippen LogP contribution in [-0.4, -0.2) is 62.3 Å². The molecule has 42 heavy (non-hydrogen) atoms. The number of carbonyl (C=O) groups excluding carboxylic acids is 1. The third kappa shape index (κ3) is 5.46. The summed E-state index contributed by atoms with van der Waals surface area (Å²) in [5, 5.41) is 8.21. The molecule has 1 fully saturated rings. The number of amides is 1. The van der Waals surface area contributed by atoms with E-state index in [2.05, 4.69) is 32.7 Å². The van der Waals surface area contributed by atoms with E-state index in [0.29, 0.717) is 23.0 Å². The fourth-order valence-corrected chi connectivity index (χ4v) is 6.36. The second-order valence-corrected chi connectivity index (χ2v) is 12.1. The minimum atomic E-state index is -3.95. The van der Waals surface area contributed by atoms with Gasteiger partial charge < -0.3 is 19.5 Å². The van der Waals surface area contributed by atoms with Crippen molar-refractivity contribution in [1.82, 2.24) is 14.8 Å². The zero-order valence-electron chi connectivity index (χ0n) is 22.8. The summed E-state index contributed by atoms with van der Waals surface area (Å²) in [6.07, 6.45) is 3.10. The summed E-state index contributed by atoms with van der Waals surface area (Å²) in [7, 11) is -1.87. The first kappa shape index (κ1) is 27.5. The van der Waals surface area contributed by atoms with Crippen LogP contribution < -0.4 is 15.6 Å². The summed E-state index contributed by atoms with van der Waals surface area (Å²) in [6, 6.07) is 18.6. The number of rotatable bonds is 8. The molecule has 0 saturated carbocycles. The Hall–Kier alpha value is -4.68. The fraction of sp³-hybridized carbons (Fsp3) is 0.200. The fourth-order valence-electron chi connectivity index (χ4n) is 5.03. The van der Waals surface area contributed by atoms with Gasteiger partial charge in [-0.3, -0.25) is 4.79 Å². The lowest BCUT2D eigenvalue weighted by Gasteiger charge is -2.36. The van der Waals surface area contributed by atoms with Crippen molar-refractivity contribution in [2.75, 3.05) is 48.9 Å². The van der Waals surface area contributed by atoms with Crippen LogP contribution in [0.15, 0.2) is 99.5 Å². The number of hydrogen-bond donors (Lipinski definition) is 2. The normalized spacial score (nSPS) is 14.3. The van der Waals surface area contributed by atoms with Crippen LogP contribution in [0.1, 0.15) is 16.1 Å². The SMILES string of the molecule is CN1CCN(c2c(NCc3ccco3)cccc2C(=O)Nn2ncc3cc(S(=O)(=O)c4cccc(F)c4)ccc32)CC1. The number of sulfone groups is 1. The largest absolute Gasteiger partial charge is 0.467 e. The minimum Gasteiger partial charge on any atom is -0.467 e. The quantitative estimate of drug-likeness (QED) is 0.275. The van der Waals surface area contributed by atoms with Crippen molar-refractivity contribution in [1.29, 1.82) is 0 Å². The predicted octanol–water partition coefficient (Wildman–Crippen LogP) is 4.35. The summed E-state index contributed by atoms with van der Waals surface area (Å²) in [5.74, 6) is -0.230. The predicted molar refractivity (Wildman–Crippen MR) is 157 cm³/mol. The lowest BCUT2D eigenvalue weighted by atomic mass is 10.1. The Labute approximate surface area is 242 Å². The average molecular weight is 589 g/mol. The molecule has 1 aliphatic rings. The van der Waals surface area contributed by atoms with Crippen LogP contribution in [0.25, 0.3) is 10.9 Å². The van der Waals surface area contributed by atoms with Crippen molar-refractivity contribution < 1.29 is 22.0 Å². The number of fused-ring (bicyclic) bond motifs is 1. The van der Waals surface area contributed by atoms with Gasteiger partial charge in [-0.2, -0.15) is 9.89 Å². The average Bonchev–Trinajstić information content (AvgIpc) is 3.66. The first-order valence-electron chi connectivity index (χ1n) is 13.4. The number of nitrogens with zero attached hydrogens (tertiary/aromatic N) is 4. The Kier molecular flexibility index (Phi) is 7.40. The lowest BCUT2D eigenvalue weighted by molar-refractivity contribution is 0.101. The van der Waals surface area contributed by atoms with Crippen molar-refractivity contribution in [2.24, 2.45) is 0 Å². The maximum Gasteiger partial charge on any atom is 0.273 e. The molecule has 2 N–H and O–H groups in total. The van der Waals surface area contributed by atoms with Crippen molar-refractivity contribution >= 4 is 38.0 Å². The highest BCUT2D eigenvalue weighted by molar-refractivity contribution is 7.91. The maximum absolute atomic E-state index is 13.7. The molecule has 0 atom stereocenters. The van der Waals surface area contributed by atoms with E-state index in [-0.39, 0.29) is 15.7 Å². The first-order valence-corrected chi connectivity index (χ1v) is 14.9. The van der Waals surface area contributed by atoms with Gasteiger partial charge in [-0.1, -0.05) is 12.1 Å². The van der Waals surface area contributed by atoms with Gasteiger partial charge in [0.1, 0.15) is 11.6 Å². The van der Waals surface area contributed by atoms with Crippen molar-refractivity contribution in [2.45, 2.75) is 16.3 Å². The highest BCUT2D eigenvalue weighted by atomic mass is 32.2. The Morgan fingerprint density at radius 2 is 1.76 bits per heavy atom. The Bertz CT molecular complexity index is 1850. The van der Waals surface area contributed by atoms with E-state index in [4.69, 9.17) is 4.42 Å². The molecule has 0 spiro atoms. The lowest BCUT2D eigenvalue weighted by Crippen LogP contribution is -2.45. The van der Waals surface area contributed by atoms with E-state index in [9.17, 15) is 17.6 Å². The molecule has 10 nitrogen and oxygen atoms in total. The number of piperazine rings is 1. The van der Waals surface area contributed by atoms with Gasteiger partial charge in [-0.05, 0) is 67.7 Å². The van der Waals surface area contributed by atoms with E-state index < -0.39 is 15.7 Å². The molecule has 1 amide bonds. The molecule has 0 bridgehead atoms. The molecule has 5 aromatic rings. The van der Waals surface area contributed by atoms with Crippen LogP contribution in [0.2, 0.25) is 0 Å². The zero-order chi connectivity index (χ0) is 29.3. The standard InChI is InChI=1S/C30H29FN6O4S/c1-35-12-14-36(15-13-35)29-26(8-3-9-27(29)32-20-23-6-4-16-41-23)30(38)34-37-28-11-10-25(17-21(28)19-33-37)42(39,40)24-7-2-5-22(31)18-24/h2-11,16-19,32H,12-15,20H2,1H3,(H,34,38). The number of halogens is 1. The third-order valence-electron chi connectivity index (χ3n) is 7.30. The minimum absolute atomic E-state index is 0.000776. The number of likely N-dealkylation sites (N-methyl/N-ethyl adjacent to an activating group) is 1. The molecular formula is C30H29FN6O4S. The topological polar surface area (TPSA) is 113 Å². The van der Waals surface area contributed by atoms with Gasteiger partial charge in [-0.25, -0.2) is 18.2 Å². The first-order chi connectivity index (χ1) is 20.3. The monoisotopic (exact) mass is 588 g/mol. The van der Waals surface area contributed by atoms with E-state index >= 15 is 0 Å². The van der Waals surface area contributed by atoms with Crippen LogP contribution in [0.3, 0.4) is 0 Å². The molecule has 6 rings (SSSR count). The highest BCUT2D eigenvalue weighted by Gasteiger charge is 2.25. The van der Waals surface area contributed by atoms with Crippen LogP contribution in [0.4, 0.5) is 15.8 Å². The number of nitrogens with one attached hydrogen (secondary N) is 2. The van der Waals surface area contributed by atoms with Gasteiger partial charge in [0, 0.05) is 31.6 Å². The van der Waals surface area contributed by atoms with Gasteiger partial charge >= 0.3 is 0 Å². The number of benzene rings is 3. The molecule has 0 radical (unpaired) electrons. The molecule has 3 heterocycles. The summed E-state index contributed by atoms with van der Waals surface area (Å²) < 4.78 is 45.3. The van der Waals surface area contributed by atoms with Crippen molar-refractivity contribution in [3.8, 4) is 0 Å². The van der Waals surface area contributed by atoms with Gasteiger partial charge in [0.2, 0.25) is 9.84 Å². The number of para-hydroxylation sites is 1. The molecule has 1 aliphatic heterocycles. The summed E-state index contributed by atoms with van der Waals surface area (Å²) >= 11 is 0. The molecule has 216 valence electrons. The summed E-state index contributed by atoms with van der Waals surface area (Å²) in [6.45, 7) is 3.69. The number of anilines is 2. The van der Waals surface area contributed by atoms with Crippen LogP contribution in [0, 0.1) is 5.82 Å². The number of furan rings is 1. The number of carbonyl (C=O) groups is 1. The second-order valence-electron chi connectivity index (χ2n) is 10.1. The van der Waals surface area contributed by atoms with E-state index in [1.165, 1.54) is 41.3 Å². The molecule has 0 unspecified atom stereocenters. The van der Waals surface area contributed by atoms with Gasteiger partial charge in [0.15, 0.2) is 0 Å². The second kappa shape index (κ2) is 11.3. The Morgan fingerprint density at radius 3 is 2.52 bits per heavy atom. The van der Waals surface area contributed by atoms with E-state index in [1.54, 1.807) is 18.4 Å². The summed E-state index contributed by atoms with van der Waals surface area (Å²) in [5.41, 5.74) is 5.42.